The highest BCUT2D eigenvalue weighted by Gasteiger charge is 2.12. The Bertz CT molecular complexity index is 593. The maximum Gasteiger partial charge on any atom is 0.273 e. The van der Waals surface area contributed by atoms with E-state index in [0.717, 1.165) is 24.7 Å². The van der Waals surface area contributed by atoms with Crippen LogP contribution >= 0.6 is 0 Å². The van der Waals surface area contributed by atoms with Crippen molar-refractivity contribution in [2.24, 2.45) is 0 Å². The zero-order valence-electron chi connectivity index (χ0n) is 15.1. The highest BCUT2D eigenvalue weighted by Crippen LogP contribution is 2.16. The van der Waals surface area contributed by atoms with E-state index in [1.807, 2.05) is 6.08 Å². The molecule has 1 aliphatic heterocycles. The van der Waals surface area contributed by atoms with Crippen molar-refractivity contribution in [3.8, 4) is 0 Å². The molecule has 1 aromatic rings. The van der Waals surface area contributed by atoms with E-state index in [-0.39, 0.29) is 10.6 Å². The van der Waals surface area contributed by atoms with E-state index in [0.29, 0.717) is 12.2 Å². The zero-order chi connectivity index (χ0) is 17.3. The number of nitrogens with one attached hydrogen (secondary N) is 1. The first-order valence-corrected chi connectivity index (χ1v) is 5.17. The van der Waals surface area contributed by atoms with Crippen LogP contribution in [0.3, 0.4) is 0 Å². The molecule has 1 N–H and O–H groups in total. The molecule has 0 saturated heterocycles. The summed E-state index contributed by atoms with van der Waals surface area (Å²) in [6.45, 7) is -4.68. The van der Waals surface area contributed by atoms with Gasteiger partial charge >= 0.3 is 0 Å². The van der Waals surface area contributed by atoms with Crippen LogP contribution in [0, 0.1) is 0 Å². The van der Waals surface area contributed by atoms with Crippen LogP contribution in [-0.4, -0.2) is 47.8 Å². The molecule has 1 aromatic heterocycles. The Hall–Kier alpha value is -1.75. The summed E-state index contributed by atoms with van der Waals surface area (Å²) >= 11 is 0. The highest BCUT2D eigenvalue weighted by atomic mass is 16.2. The molecule has 2 rings (SSSR count). The number of nitrogens with zero attached hydrogens (tertiary/aromatic N) is 3. The van der Waals surface area contributed by atoms with Gasteiger partial charge in [-0.05, 0) is 18.5 Å². The van der Waals surface area contributed by atoms with E-state index in [9.17, 15) is 4.79 Å². The van der Waals surface area contributed by atoms with Gasteiger partial charge in [-0.25, -0.2) is 4.98 Å². The van der Waals surface area contributed by atoms with Crippen LogP contribution in [0.25, 0.3) is 5.57 Å². The first kappa shape index (κ1) is 6.26. The van der Waals surface area contributed by atoms with Gasteiger partial charge in [0.25, 0.3) is 5.91 Å². The molecular formula is C12H16N4O. The van der Waals surface area contributed by atoms with Gasteiger partial charge < -0.3 is 10.2 Å². The zero-order valence-corrected chi connectivity index (χ0v) is 9.10. The Kier molecular flexibility index (Phi) is 1.86. The second-order valence-corrected chi connectivity index (χ2v) is 3.61. The normalized spacial score (nSPS) is 22.0. The first-order chi connectivity index (χ1) is 10.6. The first-order valence-electron chi connectivity index (χ1n) is 8.17. The van der Waals surface area contributed by atoms with Crippen molar-refractivity contribution in [2.45, 2.75) is 6.42 Å². The molecule has 17 heavy (non-hydrogen) atoms. The average Bonchev–Trinajstić information content (AvgIpc) is 2.45. The van der Waals surface area contributed by atoms with Crippen molar-refractivity contribution in [3.63, 3.8) is 0 Å². The molecule has 0 spiro atoms. The minimum absolute atomic E-state index is 0.131. The minimum atomic E-state index is -3.10. The topological polar surface area (TPSA) is 58.1 Å². The van der Waals surface area contributed by atoms with Crippen molar-refractivity contribution >= 4 is 11.5 Å². The van der Waals surface area contributed by atoms with Crippen LogP contribution in [0.5, 0.6) is 0 Å². The lowest BCUT2D eigenvalue weighted by atomic mass is 10.1. The third-order valence-corrected chi connectivity index (χ3v) is 2.47. The van der Waals surface area contributed by atoms with Crippen LogP contribution in [-0.2, 0) is 0 Å². The Morgan fingerprint density at radius 3 is 2.94 bits per heavy atom. The lowest BCUT2D eigenvalue weighted by Crippen LogP contribution is -2.23. The molecule has 0 aromatic carbocycles. The smallest absolute Gasteiger partial charge is 0.273 e. The van der Waals surface area contributed by atoms with Gasteiger partial charge in [0.1, 0.15) is 5.69 Å². The van der Waals surface area contributed by atoms with Gasteiger partial charge in [-0.1, -0.05) is 6.08 Å². The summed E-state index contributed by atoms with van der Waals surface area (Å²) in [6, 6.07) is 0. The summed E-state index contributed by atoms with van der Waals surface area (Å²) in [7, 11) is 0. The molecule has 0 fully saturated rings. The largest absolute Gasteiger partial charge is 0.343 e. The number of hydrogen-bond acceptors (Lipinski definition) is 4. The molecule has 90 valence electrons. The fraction of sp³-hybridized carbons (Fsp3) is 0.417. The Morgan fingerprint density at radius 2 is 2.35 bits per heavy atom. The van der Waals surface area contributed by atoms with E-state index in [1.54, 1.807) is 0 Å². The van der Waals surface area contributed by atoms with Gasteiger partial charge in [0, 0.05) is 28.7 Å². The quantitative estimate of drug-likeness (QED) is 0.817. The number of hydrogen-bond donors (Lipinski definition) is 1. The van der Waals surface area contributed by atoms with E-state index in [2.05, 4.69) is 15.3 Å². The second-order valence-electron chi connectivity index (χ2n) is 3.61. The number of carbonyl (C=O) groups is 1. The van der Waals surface area contributed by atoms with E-state index < -0.39 is 19.9 Å². The van der Waals surface area contributed by atoms with Gasteiger partial charge in [0.2, 0.25) is 0 Å². The van der Waals surface area contributed by atoms with Gasteiger partial charge in [-0.2, -0.15) is 0 Å². The molecular weight excluding hydrogens is 216 g/mol. The molecule has 1 aliphatic rings. The van der Waals surface area contributed by atoms with Gasteiger partial charge in [-0.3, -0.25) is 9.78 Å². The Morgan fingerprint density at radius 1 is 1.47 bits per heavy atom. The van der Waals surface area contributed by atoms with Crippen LogP contribution in [0.2, 0.25) is 0 Å². The number of carbonyl (C=O) groups excluding carboxylic acids is 1. The predicted octanol–water partition coefficient (Wildman–Crippen LogP) is 0.555. The van der Waals surface area contributed by atoms with Gasteiger partial charge in [-0.15, -0.1) is 0 Å². The third kappa shape index (κ3) is 2.68. The maximum atomic E-state index is 12.2. The van der Waals surface area contributed by atoms with Gasteiger partial charge in [0.05, 0.1) is 18.1 Å². The molecule has 2 heterocycles. The minimum Gasteiger partial charge on any atom is -0.343 e. The van der Waals surface area contributed by atoms with Crippen molar-refractivity contribution < 1.29 is 13.0 Å². The number of aromatic nitrogens is 2. The summed E-state index contributed by atoms with van der Waals surface area (Å²) in [5, 5.41) is 3.15. The van der Waals surface area contributed by atoms with Crippen LogP contribution in [0.1, 0.15) is 30.8 Å². The monoisotopic (exact) mass is 238 g/mol. The molecule has 0 radical (unpaired) electrons. The summed E-state index contributed by atoms with van der Waals surface area (Å²) in [5.74, 6) is -1.21. The van der Waals surface area contributed by atoms with E-state index >= 15 is 0 Å². The molecule has 0 aliphatic carbocycles. The molecule has 0 atom stereocenters. The average molecular weight is 238 g/mol. The number of rotatable bonds is 2. The molecule has 5 heteroatoms. The fourth-order valence-corrected chi connectivity index (χ4v) is 1.57. The molecule has 0 bridgehead atoms. The summed E-state index contributed by atoms with van der Waals surface area (Å²) in [5.41, 5.74) is 1.23. The van der Waals surface area contributed by atoms with Crippen LogP contribution in [0.4, 0.5) is 0 Å². The SMILES string of the molecule is [2H]C([2H])([2H])N(C(=O)c1cnc(C2=CCNCC2)cn1)C([2H])([2H])[2H]. The van der Waals surface area contributed by atoms with Crippen molar-refractivity contribution in [1.29, 1.82) is 0 Å². The van der Waals surface area contributed by atoms with Crippen molar-refractivity contribution in [2.75, 3.05) is 27.0 Å². The summed E-state index contributed by atoms with van der Waals surface area (Å²) in [6.07, 6.45) is 5.16. The van der Waals surface area contributed by atoms with Crippen LogP contribution in [0.15, 0.2) is 18.5 Å². The molecule has 0 unspecified atom stereocenters. The van der Waals surface area contributed by atoms with Gasteiger partial charge in [0.15, 0.2) is 0 Å². The fourth-order valence-electron chi connectivity index (χ4n) is 1.57. The summed E-state index contributed by atoms with van der Waals surface area (Å²) in [4.78, 5) is 20.1. The molecule has 0 saturated carbocycles. The Balaban J connectivity index is 2.27. The molecule has 1 amide bonds. The van der Waals surface area contributed by atoms with Crippen LogP contribution < -0.4 is 5.32 Å². The standard InChI is InChI=1S/C12H16N4O/c1-16(2)12(17)11-8-14-10(7-15-11)9-3-5-13-6-4-9/h3,7-8,13H,4-6H2,1-2H3/i1D3,2D3. The van der Waals surface area contributed by atoms with Crippen molar-refractivity contribution in [3.05, 3.63) is 29.9 Å². The second kappa shape index (κ2) is 5.05. The predicted molar refractivity (Wildman–Crippen MR) is 65.5 cm³/mol. The van der Waals surface area contributed by atoms with E-state index in [4.69, 9.17) is 8.22 Å². The highest BCUT2D eigenvalue weighted by molar-refractivity contribution is 5.91. The number of amides is 1. The molecule has 5 nitrogen and oxygen atoms in total. The third-order valence-electron chi connectivity index (χ3n) is 2.47. The van der Waals surface area contributed by atoms with Crippen molar-refractivity contribution in [1.82, 2.24) is 20.2 Å². The Labute approximate surface area is 109 Å². The van der Waals surface area contributed by atoms with E-state index in [1.165, 1.54) is 6.20 Å². The lowest BCUT2D eigenvalue weighted by Gasteiger charge is -2.13. The lowest BCUT2D eigenvalue weighted by molar-refractivity contribution is 0.0821. The summed E-state index contributed by atoms with van der Waals surface area (Å²) < 4.78 is 43.4. The maximum absolute atomic E-state index is 12.2.